The SMILES string of the molecule is Cn1nnc2c(C(=O)N3CCCC(C(F)(F)F)C3)ccnc21. The van der Waals surface area contributed by atoms with E-state index in [0.29, 0.717) is 24.1 Å². The molecule has 1 aliphatic heterocycles. The summed E-state index contributed by atoms with van der Waals surface area (Å²) in [6, 6.07) is 1.47. The molecule has 9 heteroatoms. The van der Waals surface area contributed by atoms with Crippen LogP contribution >= 0.6 is 0 Å². The Labute approximate surface area is 123 Å². The number of carbonyl (C=O) groups is 1. The lowest BCUT2D eigenvalue weighted by atomic mass is 9.97. The Bertz CT molecular complexity index is 711. The third kappa shape index (κ3) is 2.51. The molecule has 1 amide bonds. The quantitative estimate of drug-likeness (QED) is 0.805. The van der Waals surface area contributed by atoms with Crippen LogP contribution in [0.5, 0.6) is 0 Å². The highest BCUT2D eigenvalue weighted by Crippen LogP contribution is 2.33. The standard InChI is InChI=1S/C13H14F3N5O/c1-20-11-10(18-19-20)9(4-5-17-11)12(22)21-6-2-3-8(7-21)13(14,15)16/h4-5,8H,2-3,6-7H2,1H3. The molecular weight excluding hydrogens is 299 g/mol. The first-order valence-electron chi connectivity index (χ1n) is 6.88. The highest BCUT2D eigenvalue weighted by Gasteiger charge is 2.43. The highest BCUT2D eigenvalue weighted by molar-refractivity contribution is 6.03. The number of aryl methyl sites for hydroxylation is 1. The van der Waals surface area contributed by atoms with Crippen molar-refractivity contribution in [2.45, 2.75) is 19.0 Å². The monoisotopic (exact) mass is 313 g/mol. The van der Waals surface area contributed by atoms with Gasteiger partial charge in [-0.2, -0.15) is 13.2 Å². The molecule has 0 aromatic carbocycles. The molecule has 1 aliphatic rings. The molecule has 0 spiro atoms. The second kappa shape index (κ2) is 5.22. The van der Waals surface area contributed by atoms with E-state index in [4.69, 9.17) is 0 Å². The normalized spacial score (nSPS) is 19.6. The maximum atomic E-state index is 12.9. The van der Waals surface area contributed by atoms with Crippen LogP contribution in [0.3, 0.4) is 0 Å². The lowest BCUT2D eigenvalue weighted by molar-refractivity contribution is -0.184. The van der Waals surface area contributed by atoms with E-state index < -0.39 is 18.0 Å². The average Bonchev–Trinajstić information content (AvgIpc) is 2.87. The van der Waals surface area contributed by atoms with Gasteiger partial charge in [0.25, 0.3) is 5.91 Å². The van der Waals surface area contributed by atoms with Gasteiger partial charge in [-0.15, -0.1) is 5.10 Å². The zero-order chi connectivity index (χ0) is 15.9. The minimum atomic E-state index is -4.28. The Morgan fingerprint density at radius 1 is 1.41 bits per heavy atom. The van der Waals surface area contributed by atoms with Gasteiger partial charge in [-0.3, -0.25) is 4.79 Å². The van der Waals surface area contributed by atoms with Crippen LogP contribution in [-0.4, -0.2) is 50.1 Å². The van der Waals surface area contributed by atoms with E-state index in [1.54, 1.807) is 7.05 Å². The van der Waals surface area contributed by atoms with Gasteiger partial charge in [0.15, 0.2) is 5.65 Å². The van der Waals surface area contributed by atoms with Crippen LogP contribution in [-0.2, 0) is 7.05 Å². The van der Waals surface area contributed by atoms with Crippen LogP contribution in [0, 0.1) is 5.92 Å². The predicted octanol–water partition coefficient (Wildman–Crippen LogP) is 1.78. The molecular formula is C13H14F3N5O. The van der Waals surface area contributed by atoms with E-state index in [-0.39, 0.29) is 18.5 Å². The summed E-state index contributed by atoms with van der Waals surface area (Å²) in [6.07, 6.45) is -2.45. The van der Waals surface area contributed by atoms with E-state index in [1.165, 1.54) is 21.8 Å². The molecule has 6 nitrogen and oxygen atoms in total. The highest BCUT2D eigenvalue weighted by atomic mass is 19.4. The molecule has 1 fully saturated rings. The van der Waals surface area contributed by atoms with Gasteiger partial charge in [-0.25, -0.2) is 9.67 Å². The number of rotatable bonds is 1. The summed E-state index contributed by atoms with van der Waals surface area (Å²) in [5, 5.41) is 7.67. The van der Waals surface area contributed by atoms with E-state index in [9.17, 15) is 18.0 Å². The maximum Gasteiger partial charge on any atom is 0.393 e. The zero-order valence-electron chi connectivity index (χ0n) is 11.8. The third-order valence-electron chi connectivity index (χ3n) is 3.89. The number of carbonyl (C=O) groups excluding carboxylic acids is 1. The summed E-state index contributed by atoms with van der Waals surface area (Å²) in [5.74, 6) is -1.92. The average molecular weight is 313 g/mol. The molecule has 0 bridgehead atoms. The van der Waals surface area contributed by atoms with Crippen molar-refractivity contribution in [3.05, 3.63) is 17.8 Å². The number of hydrogen-bond acceptors (Lipinski definition) is 4. The van der Waals surface area contributed by atoms with E-state index in [2.05, 4.69) is 15.3 Å². The van der Waals surface area contributed by atoms with Gasteiger partial charge < -0.3 is 4.90 Å². The minimum absolute atomic E-state index is 0.0597. The van der Waals surface area contributed by atoms with Crippen molar-refractivity contribution in [3.63, 3.8) is 0 Å². The largest absolute Gasteiger partial charge is 0.393 e. The molecule has 0 radical (unpaired) electrons. The first-order valence-corrected chi connectivity index (χ1v) is 6.88. The van der Waals surface area contributed by atoms with Gasteiger partial charge in [0.05, 0.1) is 11.5 Å². The lowest BCUT2D eigenvalue weighted by Crippen LogP contribution is -2.44. The van der Waals surface area contributed by atoms with Crippen molar-refractivity contribution in [2.75, 3.05) is 13.1 Å². The van der Waals surface area contributed by atoms with Crippen molar-refractivity contribution in [2.24, 2.45) is 13.0 Å². The number of piperidine rings is 1. The zero-order valence-corrected chi connectivity index (χ0v) is 11.8. The Kier molecular flexibility index (Phi) is 3.50. The molecule has 0 saturated carbocycles. The Balaban J connectivity index is 1.89. The van der Waals surface area contributed by atoms with Crippen LogP contribution in [0.2, 0.25) is 0 Å². The van der Waals surface area contributed by atoms with E-state index >= 15 is 0 Å². The fourth-order valence-corrected chi connectivity index (χ4v) is 2.70. The van der Waals surface area contributed by atoms with Crippen LogP contribution in [0.1, 0.15) is 23.2 Å². The number of halogens is 3. The number of nitrogens with zero attached hydrogens (tertiary/aromatic N) is 5. The molecule has 3 rings (SSSR count). The van der Waals surface area contributed by atoms with Gasteiger partial charge in [-0.05, 0) is 18.9 Å². The fourth-order valence-electron chi connectivity index (χ4n) is 2.70. The summed E-state index contributed by atoms with van der Waals surface area (Å²) < 4.78 is 40.0. The van der Waals surface area contributed by atoms with E-state index in [1.807, 2.05) is 0 Å². The number of pyridine rings is 1. The smallest absolute Gasteiger partial charge is 0.338 e. The van der Waals surface area contributed by atoms with Gasteiger partial charge in [0.2, 0.25) is 0 Å². The predicted molar refractivity (Wildman–Crippen MR) is 71.0 cm³/mol. The molecule has 2 aromatic rings. The molecule has 1 saturated heterocycles. The topological polar surface area (TPSA) is 63.9 Å². The molecule has 0 N–H and O–H groups in total. The second-order valence-electron chi connectivity index (χ2n) is 5.38. The molecule has 1 atom stereocenters. The van der Waals surface area contributed by atoms with Crippen LogP contribution in [0.15, 0.2) is 12.3 Å². The maximum absolute atomic E-state index is 12.9. The van der Waals surface area contributed by atoms with E-state index in [0.717, 1.165) is 0 Å². The van der Waals surface area contributed by atoms with Crippen molar-refractivity contribution in [1.82, 2.24) is 24.9 Å². The summed E-state index contributed by atoms with van der Waals surface area (Å²) in [4.78, 5) is 17.9. The molecule has 2 aromatic heterocycles. The number of amides is 1. The summed E-state index contributed by atoms with van der Waals surface area (Å²) in [5.41, 5.74) is 0.972. The number of hydrogen-bond donors (Lipinski definition) is 0. The Hall–Kier alpha value is -2.19. The lowest BCUT2D eigenvalue weighted by Gasteiger charge is -2.33. The summed E-state index contributed by atoms with van der Waals surface area (Å²) in [6.45, 7) is 0.00189. The summed E-state index contributed by atoms with van der Waals surface area (Å²) >= 11 is 0. The molecule has 1 unspecified atom stereocenters. The number of alkyl halides is 3. The van der Waals surface area contributed by atoms with Crippen molar-refractivity contribution < 1.29 is 18.0 Å². The minimum Gasteiger partial charge on any atom is -0.338 e. The van der Waals surface area contributed by atoms with Gasteiger partial charge in [-0.1, -0.05) is 5.21 Å². The first kappa shape index (κ1) is 14.7. The Morgan fingerprint density at radius 2 is 2.18 bits per heavy atom. The number of likely N-dealkylation sites (tertiary alicyclic amines) is 1. The van der Waals surface area contributed by atoms with Gasteiger partial charge in [0, 0.05) is 26.3 Å². The van der Waals surface area contributed by atoms with Crippen molar-refractivity contribution >= 4 is 17.1 Å². The summed E-state index contributed by atoms with van der Waals surface area (Å²) in [7, 11) is 1.64. The molecule has 0 aliphatic carbocycles. The Morgan fingerprint density at radius 3 is 2.91 bits per heavy atom. The van der Waals surface area contributed by atoms with Crippen molar-refractivity contribution in [3.8, 4) is 0 Å². The van der Waals surface area contributed by atoms with Crippen LogP contribution in [0.25, 0.3) is 11.2 Å². The van der Waals surface area contributed by atoms with Crippen LogP contribution in [0.4, 0.5) is 13.2 Å². The second-order valence-corrected chi connectivity index (χ2v) is 5.38. The number of fused-ring (bicyclic) bond motifs is 1. The number of aromatic nitrogens is 4. The molecule has 3 heterocycles. The van der Waals surface area contributed by atoms with Crippen LogP contribution < -0.4 is 0 Å². The third-order valence-corrected chi connectivity index (χ3v) is 3.89. The molecule has 118 valence electrons. The fraction of sp³-hybridized carbons (Fsp3) is 0.538. The first-order chi connectivity index (χ1) is 10.4. The molecule has 22 heavy (non-hydrogen) atoms. The van der Waals surface area contributed by atoms with Gasteiger partial charge >= 0.3 is 6.18 Å². The van der Waals surface area contributed by atoms with Crippen molar-refractivity contribution in [1.29, 1.82) is 0 Å². The van der Waals surface area contributed by atoms with Gasteiger partial charge in [0.1, 0.15) is 5.52 Å².